The number of benzene rings is 1. The van der Waals surface area contributed by atoms with Crippen LogP contribution >= 0.6 is 0 Å². The summed E-state index contributed by atoms with van der Waals surface area (Å²) >= 11 is 0. The van der Waals surface area contributed by atoms with Crippen LogP contribution in [0.1, 0.15) is 24.3 Å². The highest BCUT2D eigenvalue weighted by atomic mass is 16.5. The molecule has 2 rings (SSSR count). The van der Waals surface area contributed by atoms with Crippen molar-refractivity contribution in [3.8, 4) is 0 Å². The number of imide groups is 1. The highest BCUT2D eigenvalue weighted by molar-refractivity contribution is 5.98. The maximum absolute atomic E-state index is 12.0. The Bertz CT molecular complexity index is 469. The molecule has 19 heavy (non-hydrogen) atoms. The Balaban J connectivity index is 2.11. The van der Waals surface area contributed by atoms with Crippen LogP contribution in [0, 0.1) is 0 Å². The van der Waals surface area contributed by atoms with Crippen molar-refractivity contribution in [2.45, 2.75) is 18.8 Å². The number of nitrogens with zero attached hydrogens (tertiary/aromatic N) is 1. The van der Waals surface area contributed by atoms with Gasteiger partial charge >= 0.3 is 0 Å². The molecule has 0 radical (unpaired) electrons. The molecule has 1 saturated heterocycles. The van der Waals surface area contributed by atoms with Crippen molar-refractivity contribution in [1.82, 2.24) is 4.90 Å². The van der Waals surface area contributed by atoms with Gasteiger partial charge in [-0.25, -0.2) is 0 Å². The van der Waals surface area contributed by atoms with Crippen LogP contribution in [0.3, 0.4) is 0 Å². The van der Waals surface area contributed by atoms with E-state index in [-0.39, 0.29) is 17.7 Å². The van der Waals surface area contributed by atoms with E-state index in [0.29, 0.717) is 31.7 Å². The van der Waals surface area contributed by atoms with Crippen molar-refractivity contribution >= 4 is 17.5 Å². The van der Waals surface area contributed by atoms with E-state index in [2.05, 4.69) is 0 Å². The van der Waals surface area contributed by atoms with E-state index in [0.717, 1.165) is 5.56 Å². The summed E-state index contributed by atoms with van der Waals surface area (Å²) in [5.74, 6) is -0.414. The van der Waals surface area contributed by atoms with Gasteiger partial charge in [0.15, 0.2) is 0 Å². The molecule has 2 amide bonds. The lowest BCUT2D eigenvalue weighted by molar-refractivity contribution is -0.149. The molecular formula is C14H18N2O3. The normalized spacial score (nSPS) is 17.0. The van der Waals surface area contributed by atoms with Crippen LogP contribution in [0.25, 0.3) is 0 Å². The lowest BCUT2D eigenvalue weighted by Crippen LogP contribution is -2.44. The van der Waals surface area contributed by atoms with Gasteiger partial charge in [-0.1, -0.05) is 18.2 Å². The Morgan fingerprint density at radius 1 is 1.26 bits per heavy atom. The van der Waals surface area contributed by atoms with Gasteiger partial charge in [-0.2, -0.15) is 0 Å². The van der Waals surface area contributed by atoms with Crippen molar-refractivity contribution < 1.29 is 14.3 Å². The van der Waals surface area contributed by atoms with Crippen molar-refractivity contribution in [1.29, 1.82) is 0 Å². The third kappa shape index (κ3) is 2.93. The van der Waals surface area contributed by atoms with Gasteiger partial charge < -0.3 is 10.5 Å². The Kier molecular flexibility index (Phi) is 4.16. The summed E-state index contributed by atoms with van der Waals surface area (Å²) in [6.45, 7) is 0.695. The minimum Gasteiger partial charge on any atom is -0.398 e. The average Bonchev–Trinajstić information content (AvgIpc) is 2.38. The molecule has 1 aliphatic rings. The van der Waals surface area contributed by atoms with E-state index in [1.165, 1.54) is 4.90 Å². The summed E-state index contributed by atoms with van der Waals surface area (Å²) < 4.78 is 4.91. The molecule has 0 bridgehead atoms. The SMILES string of the molecule is COCCN1C(=O)CC(c2ccccc2N)CC1=O. The molecule has 1 aromatic rings. The minimum atomic E-state index is -0.151. The summed E-state index contributed by atoms with van der Waals surface area (Å²) in [5, 5.41) is 0. The Labute approximate surface area is 112 Å². The number of carbonyl (C=O) groups excluding carboxylic acids is 2. The predicted octanol–water partition coefficient (Wildman–Crippen LogP) is 1.15. The van der Waals surface area contributed by atoms with Gasteiger partial charge in [-0.05, 0) is 11.6 Å². The first-order chi connectivity index (χ1) is 9.13. The van der Waals surface area contributed by atoms with E-state index >= 15 is 0 Å². The number of amides is 2. The van der Waals surface area contributed by atoms with E-state index in [9.17, 15) is 9.59 Å². The number of nitrogens with two attached hydrogens (primary N) is 1. The van der Waals surface area contributed by atoms with Crippen molar-refractivity contribution in [2.24, 2.45) is 0 Å². The van der Waals surface area contributed by atoms with E-state index in [1.54, 1.807) is 13.2 Å². The number of rotatable bonds is 4. The highest BCUT2D eigenvalue weighted by Gasteiger charge is 2.33. The topological polar surface area (TPSA) is 72.6 Å². The van der Waals surface area contributed by atoms with Crippen LogP contribution in [0.4, 0.5) is 5.69 Å². The van der Waals surface area contributed by atoms with E-state index in [1.807, 2.05) is 18.2 Å². The first-order valence-corrected chi connectivity index (χ1v) is 6.30. The molecule has 1 fully saturated rings. The third-order valence-electron chi connectivity index (χ3n) is 3.40. The number of anilines is 1. The molecule has 0 aromatic heterocycles. The molecule has 1 heterocycles. The average molecular weight is 262 g/mol. The van der Waals surface area contributed by atoms with Crippen LogP contribution in [0.2, 0.25) is 0 Å². The molecule has 102 valence electrons. The van der Waals surface area contributed by atoms with Crippen LogP contribution in [-0.4, -0.2) is 37.0 Å². The number of carbonyl (C=O) groups is 2. The number of piperidine rings is 1. The second-order valence-corrected chi connectivity index (χ2v) is 4.67. The second-order valence-electron chi connectivity index (χ2n) is 4.67. The number of hydrogen-bond acceptors (Lipinski definition) is 4. The molecule has 0 saturated carbocycles. The van der Waals surface area contributed by atoms with Gasteiger partial charge in [-0.15, -0.1) is 0 Å². The zero-order chi connectivity index (χ0) is 13.8. The van der Waals surface area contributed by atoms with E-state index in [4.69, 9.17) is 10.5 Å². The molecule has 2 N–H and O–H groups in total. The number of para-hydroxylation sites is 1. The third-order valence-corrected chi connectivity index (χ3v) is 3.40. The van der Waals surface area contributed by atoms with Crippen molar-refractivity contribution in [3.05, 3.63) is 29.8 Å². The fraction of sp³-hybridized carbons (Fsp3) is 0.429. The quantitative estimate of drug-likeness (QED) is 0.652. The van der Waals surface area contributed by atoms with E-state index < -0.39 is 0 Å². The van der Waals surface area contributed by atoms with Crippen LogP contribution in [-0.2, 0) is 14.3 Å². The zero-order valence-electron chi connectivity index (χ0n) is 11.0. The van der Waals surface area contributed by atoms with Crippen molar-refractivity contribution in [2.75, 3.05) is 26.0 Å². The Hall–Kier alpha value is -1.88. The van der Waals surface area contributed by atoms with Crippen LogP contribution in [0.5, 0.6) is 0 Å². The first kappa shape index (κ1) is 13.5. The summed E-state index contributed by atoms with van der Waals surface area (Å²) in [5.41, 5.74) is 7.42. The molecule has 0 unspecified atom stereocenters. The molecule has 0 spiro atoms. The highest BCUT2D eigenvalue weighted by Crippen LogP contribution is 2.32. The molecule has 1 aliphatic heterocycles. The maximum atomic E-state index is 12.0. The number of likely N-dealkylation sites (tertiary alicyclic amines) is 1. The van der Waals surface area contributed by atoms with Gasteiger partial charge in [0, 0.05) is 31.6 Å². The summed E-state index contributed by atoms with van der Waals surface area (Å²) in [4.78, 5) is 25.3. The number of ether oxygens (including phenoxy) is 1. The minimum absolute atomic E-state index is 0.111. The Morgan fingerprint density at radius 2 is 1.89 bits per heavy atom. The molecule has 0 aliphatic carbocycles. The monoisotopic (exact) mass is 262 g/mol. The van der Waals surface area contributed by atoms with Crippen molar-refractivity contribution in [3.63, 3.8) is 0 Å². The molecule has 0 atom stereocenters. The first-order valence-electron chi connectivity index (χ1n) is 6.30. The standard InChI is InChI=1S/C14H18N2O3/c1-19-7-6-16-13(17)8-10(9-14(16)18)11-4-2-3-5-12(11)15/h2-5,10H,6-9,15H2,1H3. The Morgan fingerprint density at radius 3 is 2.47 bits per heavy atom. The summed E-state index contributed by atoms with van der Waals surface area (Å²) in [7, 11) is 1.55. The largest absolute Gasteiger partial charge is 0.398 e. The number of methoxy groups -OCH3 is 1. The molecular weight excluding hydrogens is 244 g/mol. The smallest absolute Gasteiger partial charge is 0.229 e. The predicted molar refractivity (Wildman–Crippen MR) is 71.4 cm³/mol. The second kappa shape index (κ2) is 5.84. The van der Waals surface area contributed by atoms with Gasteiger partial charge in [-0.3, -0.25) is 14.5 Å². The zero-order valence-corrected chi connectivity index (χ0v) is 11.0. The molecule has 1 aromatic carbocycles. The van der Waals surface area contributed by atoms with Gasteiger partial charge in [0.25, 0.3) is 0 Å². The van der Waals surface area contributed by atoms with Crippen LogP contribution in [0.15, 0.2) is 24.3 Å². The van der Waals surface area contributed by atoms with Gasteiger partial charge in [0.1, 0.15) is 0 Å². The van der Waals surface area contributed by atoms with Gasteiger partial charge in [0.2, 0.25) is 11.8 Å². The number of nitrogen functional groups attached to an aromatic ring is 1. The fourth-order valence-corrected chi connectivity index (χ4v) is 2.39. The fourth-order valence-electron chi connectivity index (χ4n) is 2.39. The number of hydrogen-bond donors (Lipinski definition) is 1. The van der Waals surface area contributed by atoms with Crippen LogP contribution < -0.4 is 5.73 Å². The molecule has 5 nitrogen and oxygen atoms in total. The lowest BCUT2D eigenvalue weighted by atomic mass is 9.87. The molecule has 5 heteroatoms. The summed E-state index contributed by atoms with van der Waals surface area (Å²) in [6.07, 6.45) is 0.646. The lowest BCUT2D eigenvalue weighted by Gasteiger charge is -2.30. The summed E-state index contributed by atoms with van der Waals surface area (Å²) in [6, 6.07) is 7.39. The maximum Gasteiger partial charge on any atom is 0.229 e. The van der Waals surface area contributed by atoms with Gasteiger partial charge in [0.05, 0.1) is 13.2 Å².